The van der Waals surface area contributed by atoms with E-state index in [1.54, 1.807) is 66.7 Å². The van der Waals surface area contributed by atoms with Gasteiger partial charge < -0.3 is 9.47 Å². The van der Waals surface area contributed by atoms with Crippen LogP contribution in [0, 0.1) is 0 Å². The molecular formula is C23H19ClN2O4. The molecule has 0 spiro atoms. The molecule has 152 valence electrons. The number of rotatable bonds is 7. The zero-order valence-electron chi connectivity index (χ0n) is 16.2. The number of carbonyl (C=O) groups is 2. The molecule has 3 aromatic rings. The van der Waals surface area contributed by atoms with Gasteiger partial charge in [-0.2, -0.15) is 5.10 Å². The van der Waals surface area contributed by atoms with E-state index in [9.17, 15) is 9.59 Å². The highest BCUT2D eigenvalue weighted by Crippen LogP contribution is 2.29. The summed E-state index contributed by atoms with van der Waals surface area (Å²) in [5, 5.41) is 4.50. The Labute approximate surface area is 179 Å². The molecule has 0 fully saturated rings. The quantitative estimate of drug-likeness (QED) is 0.258. The highest BCUT2D eigenvalue weighted by molar-refractivity contribution is 6.30. The fourth-order valence-corrected chi connectivity index (χ4v) is 2.65. The fourth-order valence-electron chi connectivity index (χ4n) is 2.52. The molecule has 0 atom stereocenters. The first-order valence-electron chi connectivity index (χ1n) is 9.20. The second kappa shape index (κ2) is 10.2. The number of halogens is 1. The minimum Gasteiger partial charge on any atom is -0.490 e. The topological polar surface area (TPSA) is 77.0 Å². The van der Waals surface area contributed by atoms with Crippen molar-refractivity contribution in [3.8, 4) is 11.5 Å². The Morgan fingerprint density at radius 3 is 2.40 bits per heavy atom. The third-order valence-electron chi connectivity index (χ3n) is 3.97. The summed E-state index contributed by atoms with van der Waals surface area (Å²) in [5.41, 5.74) is 4.01. The third-order valence-corrected chi connectivity index (χ3v) is 4.22. The SMILES string of the molecule is CCOc1cc(/C=N\NC(=O)c2ccccc2)ccc1OC(=O)c1ccc(Cl)cc1. The number of esters is 1. The van der Waals surface area contributed by atoms with Crippen molar-refractivity contribution in [3.63, 3.8) is 0 Å². The molecule has 1 N–H and O–H groups in total. The lowest BCUT2D eigenvalue weighted by molar-refractivity contribution is 0.0728. The number of ether oxygens (including phenoxy) is 2. The molecule has 3 aromatic carbocycles. The normalized spacial score (nSPS) is 10.6. The van der Waals surface area contributed by atoms with E-state index in [2.05, 4.69) is 10.5 Å². The Hall–Kier alpha value is -3.64. The first-order chi connectivity index (χ1) is 14.6. The first kappa shape index (κ1) is 21.1. The van der Waals surface area contributed by atoms with Crippen LogP contribution in [0.15, 0.2) is 77.9 Å². The van der Waals surface area contributed by atoms with Crippen LogP contribution in [-0.2, 0) is 0 Å². The molecule has 0 aromatic heterocycles. The fraction of sp³-hybridized carbons (Fsp3) is 0.0870. The molecule has 0 saturated heterocycles. The molecular weight excluding hydrogens is 404 g/mol. The van der Waals surface area contributed by atoms with E-state index in [1.165, 1.54) is 6.21 Å². The van der Waals surface area contributed by atoms with Gasteiger partial charge in [0, 0.05) is 10.6 Å². The maximum Gasteiger partial charge on any atom is 0.343 e. The Balaban J connectivity index is 1.70. The van der Waals surface area contributed by atoms with Crippen LogP contribution in [0.4, 0.5) is 0 Å². The van der Waals surface area contributed by atoms with Crippen molar-refractivity contribution < 1.29 is 19.1 Å². The highest BCUT2D eigenvalue weighted by atomic mass is 35.5. The minimum atomic E-state index is -0.524. The molecule has 30 heavy (non-hydrogen) atoms. The molecule has 0 unspecified atom stereocenters. The molecule has 0 radical (unpaired) electrons. The van der Waals surface area contributed by atoms with Crippen molar-refractivity contribution in [2.75, 3.05) is 6.61 Å². The Bertz CT molecular complexity index is 1050. The van der Waals surface area contributed by atoms with Gasteiger partial charge in [0.25, 0.3) is 5.91 Å². The predicted octanol–water partition coefficient (Wildman–Crippen LogP) is 4.72. The standard InChI is InChI=1S/C23H19ClN2O4/c1-2-29-21-14-16(15-25-26-22(27)17-6-4-3-5-7-17)8-13-20(21)30-23(28)18-9-11-19(24)12-10-18/h3-15H,2H2,1H3,(H,26,27)/b25-15-. The van der Waals surface area contributed by atoms with Crippen molar-refractivity contribution in [2.45, 2.75) is 6.92 Å². The molecule has 1 amide bonds. The van der Waals surface area contributed by atoms with Crippen LogP contribution in [0.5, 0.6) is 11.5 Å². The number of hydrogen-bond donors (Lipinski definition) is 1. The maximum absolute atomic E-state index is 12.4. The zero-order chi connectivity index (χ0) is 21.3. The number of amides is 1. The Morgan fingerprint density at radius 2 is 1.70 bits per heavy atom. The van der Waals surface area contributed by atoms with Crippen LogP contribution >= 0.6 is 11.6 Å². The van der Waals surface area contributed by atoms with E-state index in [0.717, 1.165) is 0 Å². The molecule has 0 aliphatic rings. The van der Waals surface area contributed by atoms with E-state index >= 15 is 0 Å². The summed E-state index contributed by atoms with van der Waals surface area (Å²) < 4.78 is 11.0. The number of carbonyl (C=O) groups excluding carboxylic acids is 2. The Kier molecular flexibility index (Phi) is 7.19. The van der Waals surface area contributed by atoms with Gasteiger partial charge in [-0.25, -0.2) is 10.2 Å². The maximum atomic E-state index is 12.4. The molecule has 0 bridgehead atoms. The van der Waals surface area contributed by atoms with Crippen LogP contribution in [0.2, 0.25) is 5.02 Å². The van der Waals surface area contributed by atoms with Gasteiger partial charge in [0.05, 0.1) is 18.4 Å². The van der Waals surface area contributed by atoms with Crippen LogP contribution in [0.3, 0.4) is 0 Å². The summed E-state index contributed by atoms with van der Waals surface area (Å²) in [7, 11) is 0. The Morgan fingerprint density at radius 1 is 0.967 bits per heavy atom. The molecule has 0 aliphatic carbocycles. The van der Waals surface area contributed by atoms with E-state index < -0.39 is 5.97 Å². The zero-order valence-corrected chi connectivity index (χ0v) is 16.9. The summed E-state index contributed by atoms with van der Waals surface area (Å²) in [6.07, 6.45) is 1.48. The molecule has 3 rings (SSSR count). The second-order valence-corrected chi connectivity index (χ2v) is 6.54. The monoisotopic (exact) mass is 422 g/mol. The number of benzene rings is 3. The van der Waals surface area contributed by atoms with Gasteiger partial charge in [-0.15, -0.1) is 0 Å². The van der Waals surface area contributed by atoms with Crippen molar-refractivity contribution in [1.29, 1.82) is 0 Å². The minimum absolute atomic E-state index is 0.280. The van der Waals surface area contributed by atoms with Crippen molar-refractivity contribution in [1.82, 2.24) is 5.43 Å². The van der Waals surface area contributed by atoms with E-state index in [1.807, 2.05) is 13.0 Å². The van der Waals surface area contributed by atoms with Crippen molar-refractivity contribution in [3.05, 3.63) is 94.5 Å². The van der Waals surface area contributed by atoms with Gasteiger partial charge in [-0.3, -0.25) is 4.79 Å². The van der Waals surface area contributed by atoms with Gasteiger partial charge in [-0.05, 0) is 67.1 Å². The number of nitrogens with one attached hydrogen (secondary N) is 1. The molecule has 0 aliphatic heterocycles. The van der Waals surface area contributed by atoms with Crippen LogP contribution in [-0.4, -0.2) is 24.7 Å². The molecule has 6 nitrogen and oxygen atoms in total. The van der Waals surface area contributed by atoms with E-state index in [0.29, 0.717) is 34.1 Å². The largest absolute Gasteiger partial charge is 0.490 e. The summed E-state index contributed by atoms with van der Waals surface area (Å²) >= 11 is 5.85. The lowest BCUT2D eigenvalue weighted by atomic mass is 10.2. The average molecular weight is 423 g/mol. The average Bonchev–Trinajstić information content (AvgIpc) is 2.76. The van der Waals surface area contributed by atoms with Gasteiger partial charge >= 0.3 is 5.97 Å². The van der Waals surface area contributed by atoms with Crippen LogP contribution < -0.4 is 14.9 Å². The summed E-state index contributed by atoms with van der Waals surface area (Å²) in [5.74, 6) is -0.171. The summed E-state index contributed by atoms with van der Waals surface area (Å²) in [6.45, 7) is 2.21. The van der Waals surface area contributed by atoms with Crippen molar-refractivity contribution in [2.24, 2.45) is 5.10 Å². The smallest absolute Gasteiger partial charge is 0.343 e. The van der Waals surface area contributed by atoms with E-state index in [-0.39, 0.29) is 11.7 Å². The molecule has 0 heterocycles. The summed E-state index contributed by atoms with van der Waals surface area (Å²) in [4.78, 5) is 24.4. The number of hydrazone groups is 1. The van der Waals surface area contributed by atoms with Gasteiger partial charge in [0.2, 0.25) is 0 Å². The van der Waals surface area contributed by atoms with Gasteiger partial charge in [0.1, 0.15) is 0 Å². The number of hydrogen-bond acceptors (Lipinski definition) is 5. The summed E-state index contributed by atoms with van der Waals surface area (Å²) in [6, 6.07) is 20.2. The van der Waals surface area contributed by atoms with Crippen molar-refractivity contribution >= 4 is 29.7 Å². The van der Waals surface area contributed by atoms with E-state index in [4.69, 9.17) is 21.1 Å². The van der Waals surface area contributed by atoms with Gasteiger partial charge in [-0.1, -0.05) is 29.8 Å². The van der Waals surface area contributed by atoms with Crippen LogP contribution in [0.1, 0.15) is 33.2 Å². The van der Waals surface area contributed by atoms with Crippen LogP contribution in [0.25, 0.3) is 0 Å². The second-order valence-electron chi connectivity index (χ2n) is 6.10. The highest BCUT2D eigenvalue weighted by Gasteiger charge is 2.13. The predicted molar refractivity (Wildman–Crippen MR) is 116 cm³/mol. The number of nitrogens with zero attached hydrogens (tertiary/aromatic N) is 1. The van der Waals surface area contributed by atoms with Gasteiger partial charge in [0.15, 0.2) is 11.5 Å². The molecule has 7 heteroatoms. The molecule has 0 saturated carbocycles. The lowest BCUT2D eigenvalue weighted by Gasteiger charge is -2.11. The third kappa shape index (κ3) is 5.68. The lowest BCUT2D eigenvalue weighted by Crippen LogP contribution is -2.17. The first-order valence-corrected chi connectivity index (χ1v) is 9.57.